The Hall–Kier alpha value is -1.75. The molecule has 6 heteroatoms. The van der Waals surface area contributed by atoms with Gasteiger partial charge in [-0.3, -0.25) is 4.99 Å². The molecule has 0 aromatic heterocycles. The lowest BCUT2D eigenvalue weighted by atomic mass is 9.93. The standard InChI is InChI=1S/C20H25Cl2N3O/c1-13(26)10-16(15-6-4-3-5-7-15)12-24-20(23)25-14(2)18-9-8-17(21)11-19(18)22/h3-9,11,13-14,16,26H,10,12H2,1-2H3,(H3,23,24,25). The molecule has 0 saturated carbocycles. The Bertz CT molecular complexity index is 735. The van der Waals surface area contributed by atoms with E-state index in [1.807, 2.05) is 43.3 Å². The first-order valence-electron chi connectivity index (χ1n) is 8.61. The Morgan fingerprint density at radius 3 is 2.46 bits per heavy atom. The van der Waals surface area contributed by atoms with E-state index in [-0.39, 0.29) is 12.0 Å². The summed E-state index contributed by atoms with van der Waals surface area (Å²) in [5, 5.41) is 14.1. The number of benzene rings is 2. The Morgan fingerprint density at radius 1 is 1.15 bits per heavy atom. The number of nitrogens with zero attached hydrogens (tertiary/aromatic N) is 1. The van der Waals surface area contributed by atoms with Gasteiger partial charge in [-0.05, 0) is 43.5 Å². The van der Waals surface area contributed by atoms with Gasteiger partial charge in [0, 0.05) is 22.5 Å². The number of guanidine groups is 1. The van der Waals surface area contributed by atoms with Gasteiger partial charge in [0.2, 0.25) is 0 Å². The Morgan fingerprint density at radius 2 is 1.85 bits per heavy atom. The van der Waals surface area contributed by atoms with Gasteiger partial charge >= 0.3 is 0 Å². The molecule has 0 aliphatic carbocycles. The highest BCUT2D eigenvalue weighted by atomic mass is 35.5. The first kappa shape index (κ1) is 20.6. The van der Waals surface area contributed by atoms with Gasteiger partial charge in [0.1, 0.15) is 0 Å². The van der Waals surface area contributed by atoms with Crippen LogP contribution < -0.4 is 11.1 Å². The third-order valence-corrected chi connectivity index (χ3v) is 4.73. The lowest BCUT2D eigenvalue weighted by Gasteiger charge is -2.19. The second-order valence-electron chi connectivity index (χ2n) is 6.45. The minimum absolute atomic E-state index is 0.101. The average molecular weight is 394 g/mol. The zero-order valence-corrected chi connectivity index (χ0v) is 16.5. The van der Waals surface area contributed by atoms with Crippen LogP contribution in [0.15, 0.2) is 53.5 Å². The largest absolute Gasteiger partial charge is 0.393 e. The molecule has 2 aromatic carbocycles. The fourth-order valence-corrected chi connectivity index (χ4v) is 3.43. The van der Waals surface area contributed by atoms with E-state index in [2.05, 4.69) is 10.3 Å². The van der Waals surface area contributed by atoms with Crippen molar-refractivity contribution in [2.24, 2.45) is 10.7 Å². The Labute approximate surface area is 165 Å². The number of hydrogen-bond donors (Lipinski definition) is 3. The lowest BCUT2D eigenvalue weighted by molar-refractivity contribution is 0.175. The van der Waals surface area contributed by atoms with Gasteiger partial charge in [-0.25, -0.2) is 0 Å². The van der Waals surface area contributed by atoms with E-state index in [9.17, 15) is 5.11 Å². The molecule has 0 aliphatic rings. The fourth-order valence-electron chi connectivity index (χ4n) is 2.86. The summed E-state index contributed by atoms with van der Waals surface area (Å²) in [5.41, 5.74) is 8.09. The maximum atomic E-state index is 9.78. The summed E-state index contributed by atoms with van der Waals surface area (Å²) in [5.74, 6) is 0.445. The van der Waals surface area contributed by atoms with Crippen LogP contribution in [0.1, 0.15) is 43.4 Å². The predicted molar refractivity (Wildman–Crippen MR) is 110 cm³/mol. The minimum atomic E-state index is -0.406. The number of aliphatic hydroxyl groups is 1. The van der Waals surface area contributed by atoms with Crippen molar-refractivity contribution >= 4 is 29.2 Å². The highest BCUT2D eigenvalue weighted by molar-refractivity contribution is 6.35. The maximum Gasteiger partial charge on any atom is 0.189 e. The van der Waals surface area contributed by atoms with Gasteiger partial charge in [0.25, 0.3) is 0 Å². The van der Waals surface area contributed by atoms with E-state index in [1.165, 1.54) is 0 Å². The van der Waals surface area contributed by atoms with Crippen LogP contribution in [0, 0.1) is 0 Å². The normalized spacial score (nSPS) is 15.3. The van der Waals surface area contributed by atoms with Crippen molar-refractivity contribution in [3.05, 3.63) is 69.7 Å². The molecule has 2 aromatic rings. The van der Waals surface area contributed by atoms with Gasteiger partial charge in [-0.15, -0.1) is 0 Å². The summed E-state index contributed by atoms with van der Waals surface area (Å²) in [6, 6.07) is 15.3. The van der Waals surface area contributed by atoms with Crippen molar-refractivity contribution in [1.82, 2.24) is 5.32 Å². The van der Waals surface area contributed by atoms with Crippen LogP contribution in [0.4, 0.5) is 0 Å². The molecule has 0 fully saturated rings. The van der Waals surface area contributed by atoms with Gasteiger partial charge < -0.3 is 16.2 Å². The summed E-state index contributed by atoms with van der Waals surface area (Å²) < 4.78 is 0. The van der Waals surface area contributed by atoms with E-state index in [4.69, 9.17) is 28.9 Å². The van der Waals surface area contributed by atoms with E-state index in [0.29, 0.717) is 29.0 Å². The highest BCUT2D eigenvalue weighted by Crippen LogP contribution is 2.26. The molecule has 26 heavy (non-hydrogen) atoms. The molecule has 140 valence electrons. The zero-order valence-electron chi connectivity index (χ0n) is 15.0. The van der Waals surface area contributed by atoms with Crippen molar-refractivity contribution in [3.63, 3.8) is 0 Å². The molecule has 3 atom stereocenters. The van der Waals surface area contributed by atoms with Crippen molar-refractivity contribution in [2.75, 3.05) is 6.54 Å². The van der Waals surface area contributed by atoms with E-state index in [0.717, 1.165) is 11.1 Å². The third kappa shape index (κ3) is 6.20. The number of rotatable bonds is 7. The summed E-state index contributed by atoms with van der Waals surface area (Å²) in [7, 11) is 0. The highest BCUT2D eigenvalue weighted by Gasteiger charge is 2.15. The molecular weight excluding hydrogens is 369 g/mol. The van der Waals surface area contributed by atoms with Crippen LogP contribution in [0.5, 0.6) is 0 Å². The van der Waals surface area contributed by atoms with Crippen molar-refractivity contribution in [3.8, 4) is 0 Å². The first-order valence-corrected chi connectivity index (χ1v) is 9.36. The number of hydrogen-bond acceptors (Lipinski definition) is 2. The number of nitrogens with one attached hydrogen (secondary N) is 1. The Balaban J connectivity index is 2.04. The topological polar surface area (TPSA) is 70.6 Å². The van der Waals surface area contributed by atoms with Gasteiger partial charge in [-0.1, -0.05) is 59.6 Å². The SMILES string of the molecule is CC(O)CC(CN=C(N)NC(C)c1ccc(Cl)cc1Cl)c1ccccc1. The van der Waals surface area contributed by atoms with Crippen molar-refractivity contribution in [2.45, 2.75) is 38.3 Å². The van der Waals surface area contributed by atoms with Gasteiger partial charge in [0.15, 0.2) is 5.96 Å². The maximum absolute atomic E-state index is 9.78. The minimum Gasteiger partial charge on any atom is -0.393 e. The summed E-state index contributed by atoms with van der Waals surface area (Å²) >= 11 is 12.2. The molecular formula is C20H25Cl2N3O. The first-order chi connectivity index (χ1) is 12.4. The number of aliphatic imine (C=N–C) groups is 1. The molecule has 0 saturated heterocycles. The summed E-state index contributed by atoms with van der Waals surface area (Å²) in [6.45, 7) is 4.24. The molecule has 0 amide bonds. The summed E-state index contributed by atoms with van der Waals surface area (Å²) in [4.78, 5) is 4.47. The molecule has 4 N–H and O–H groups in total. The zero-order chi connectivity index (χ0) is 19.1. The molecule has 4 nitrogen and oxygen atoms in total. The molecule has 2 rings (SSSR count). The molecule has 0 spiro atoms. The third-order valence-electron chi connectivity index (χ3n) is 4.17. The van der Waals surface area contributed by atoms with E-state index < -0.39 is 6.10 Å². The average Bonchev–Trinajstić information content (AvgIpc) is 2.58. The van der Waals surface area contributed by atoms with Gasteiger partial charge in [0.05, 0.1) is 12.1 Å². The number of halogens is 2. The van der Waals surface area contributed by atoms with Crippen LogP contribution in [0.25, 0.3) is 0 Å². The van der Waals surface area contributed by atoms with Crippen LogP contribution in [-0.2, 0) is 0 Å². The molecule has 3 unspecified atom stereocenters. The van der Waals surface area contributed by atoms with E-state index in [1.54, 1.807) is 19.1 Å². The Kier molecular flexibility index (Phi) is 7.76. The molecule has 0 aliphatic heterocycles. The van der Waals surface area contributed by atoms with Crippen LogP contribution in [0.3, 0.4) is 0 Å². The van der Waals surface area contributed by atoms with Crippen LogP contribution in [0.2, 0.25) is 10.0 Å². The van der Waals surface area contributed by atoms with Crippen LogP contribution in [-0.4, -0.2) is 23.7 Å². The van der Waals surface area contributed by atoms with Gasteiger partial charge in [-0.2, -0.15) is 0 Å². The second-order valence-corrected chi connectivity index (χ2v) is 7.29. The molecule has 0 bridgehead atoms. The molecule has 0 radical (unpaired) electrons. The predicted octanol–water partition coefficient (Wildman–Crippen LogP) is 4.51. The van der Waals surface area contributed by atoms with E-state index >= 15 is 0 Å². The monoisotopic (exact) mass is 393 g/mol. The molecule has 0 heterocycles. The second kappa shape index (κ2) is 9.81. The number of aliphatic hydroxyl groups excluding tert-OH is 1. The van der Waals surface area contributed by atoms with Crippen LogP contribution >= 0.6 is 23.2 Å². The fraction of sp³-hybridized carbons (Fsp3) is 0.350. The number of nitrogens with two attached hydrogens (primary N) is 1. The lowest BCUT2D eigenvalue weighted by Crippen LogP contribution is -2.34. The van der Waals surface area contributed by atoms with Crippen molar-refractivity contribution < 1.29 is 5.11 Å². The quantitative estimate of drug-likeness (QED) is 0.478. The smallest absolute Gasteiger partial charge is 0.189 e. The summed E-state index contributed by atoms with van der Waals surface area (Å²) in [6.07, 6.45) is 0.218. The van der Waals surface area contributed by atoms with Crippen molar-refractivity contribution in [1.29, 1.82) is 0 Å².